The van der Waals surface area contributed by atoms with E-state index < -0.39 is 54.5 Å². The average molecular weight is 436 g/mol. The zero-order valence-electron chi connectivity index (χ0n) is 17.2. The third kappa shape index (κ3) is 6.40. The highest BCUT2D eigenvalue weighted by Gasteiger charge is 2.36. The lowest BCUT2D eigenvalue weighted by Gasteiger charge is -2.26. The molecule has 11 heteroatoms. The van der Waals surface area contributed by atoms with E-state index in [1.165, 1.54) is 24.0 Å². The minimum Gasteiger partial charge on any atom is -0.508 e. The van der Waals surface area contributed by atoms with Gasteiger partial charge in [0, 0.05) is 6.54 Å². The van der Waals surface area contributed by atoms with Crippen LogP contribution < -0.4 is 16.4 Å². The zero-order valence-corrected chi connectivity index (χ0v) is 17.2. The zero-order chi connectivity index (χ0) is 23.1. The summed E-state index contributed by atoms with van der Waals surface area (Å²) < 4.78 is 0. The van der Waals surface area contributed by atoms with Gasteiger partial charge in [-0.1, -0.05) is 12.1 Å². The summed E-state index contributed by atoms with van der Waals surface area (Å²) in [6.45, 7) is 0.971. The number of nitrogens with two attached hydrogens (primary N) is 1. The first-order chi connectivity index (χ1) is 14.6. The third-order valence-corrected chi connectivity index (χ3v) is 5.09. The van der Waals surface area contributed by atoms with Crippen LogP contribution in [0.4, 0.5) is 0 Å². The predicted molar refractivity (Wildman–Crippen MR) is 109 cm³/mol. The lowest BCUT2D eigenvalue weighted by molar-refractivity contribution is -0.149. The summed E-state index contributed by atoms with van der Waals surface area (Å²) in [7, 11) is 0. The lowest BCUT2D eigenvalue weighted by atomic mass is 10.1. The summed E-state index contributed by atoms with van der Waals surface area (Å²) in [6, 6.07) is 1.81. The molecule has 1 fully saturated rings. The summed E-state index contributed by atoms with van der Waals surface area (Å²) in [5.41, 5.74) is 6.56. The molecule has 4 atom stereocenters. The Labute approximate surface area is 179 Å². The first-order valence-electron chi connectivity index (χ1n) is 9.92. The number of amides is 3. The standard InChI is InChI=1S/C20H28N4O7/c1-11(19(29)24-8-2-3-16(24)20(30)31)22-18(28)15(10-25)23-17(27)14(21)9-12-4-6-13(26)7-5-12/h4-7,11,14-16,25-26H,2-3,8-10,21H2,1H3,(H,22,28)(H,23,27)(H,30,31). The van der Waals surface area contributed by atoms with E-state index >= 15 is 0 Å². The Balaban J connectivity index is 1.91. The summed E-state index contributed by atoms with van der Waals surface area (Å²) >= 11 is 0. The number of carbonyl (C=O) groups is 4. The van der Waals surface area contributed by atoms with Gasteiger partial charge >= 0.3 is 5.97 Å². The molecule has 1 aromatic carbocycles. The Morgan fingerprint density at radius 1 is 1.16 bits per heavy atom. The maximum atomic E-state index is 12.5. The number of nitrogens with one attached hydrogen (secondary N) is 2. The maximum absolute atomic E-state index is 12.5. The number of rotatable bonds is 9. The van der Waals surface area contributed by atoms with E-state index in [2.05, 4.69) is 10.6 Å². The quantitative estimate of drug-likeness (QED) is 0.265. The predicted octanol–water partition coefficient (Wildman–Crippen LogP) is -1.68. The fourth-order valence-electron chi connectivity index (χ4n) is 3.36. The second kappa shape index (κ2) is 10.7. The highest BCUT2D eigenvalue weighted by atomic mass is 16.4. The van der Waals surface area contributed by atoms with E-state index in [1.807, 2.05) is 0 Å². The number of aromatic hydroxyl groups is 1. The van der Waals surface area contributed by atoms with Gasteiger partial charge < -0.3 is 36.6 Å². The van der Waals surface area contributed by atoms with Gasteiger partial charge in [0.05, 0.1) is 12.6 Å². The van der Waals surface area contributed by atoms with Gasteiger partial charge in [-0.25, -0.2) is 4.79 Å². The van der Waals surface area contributed by atoms with Gasteiger partial charge in [-0.2, -0.15) is 0 Å². The summed E-state index contributed by atoms with van der Waals surface area (Å²) in [5, 5.41) is 32.8. The van der Waals surface area contributed by atoms with Gasteiger partial charge in [-0.05, 0) is 43.9 Å². The Hall–Kier alpha value is -3.18. The van der Waals surface area contributed by atoms with Crippen molar-refractivity contribution >= 4 is 23.7 Å². The molecule has 0 bridgehead atoms. The monoisotopic (exact) mass is 436 g/mol. The van der Waals surface area contributed by atoms with Crippen LogP contribution in [-0.4, -0.2) is 81.2 Å². The molecule has 1 aliphatic heterocycles. The van der Waals surface area contributed by atoms with E-state index in [4.69, 9.17) is 5.73 Å². The van der Waals surface area contributed by atoms with Crippen LogP contribution in [-0.2, 0) is 25.6 Å². The molecule has 4 unspecified atom stereocenters. The molecule has 11 nitrogen and oxygen atoms in total. The molecule has 0 radical (unpaired) electrons. The molecular formula is C20H28N4O7. The highest BCUT2D eigenvalue weighted by Crippen LogP contribution is 2.18. The van der Waals surface area contributed by atoms with Crippen molar-refractivity contribution in [1.29, 1.82) is 0 Å². The Bertz CT molecular complexity index is 814. The number of benzene rings is 1. The van der Waals surface area contributed by atoms with Gasteiger partial charge in [-0.15, -0.1) is 0 Å². The van der Waals surface area contributed by atoms with Crippen LogP contribution in [0.5, 0.6) is 5.75 Å². The van der Waals surface area contributed by atoms with Crippen molar-refractivity contribution in [3.8, 4) is 5.75 Å². The molecule has 0 aliphatic carbocycles. The van der Waals surface area contributed by atoms with E-state index in [1.54, 1.807) is 12.1 Å². The van der Waals surface area contributed by atoms with E-state index in [9.17, 15) is 34.5 Å². The van der Waals surface area contributed by atoms with Crippen molar-refractivity contribution in [3.63, 3.8) is 0 Å². The summed E-state index contributed by atoms with van der Waals surface area (Å²) in [6.07, 6.45) is 1.04. The van der Waals surface area contributed by atoms with Crippen molar-refractivity contribution in [1.82, 2.24) is 15.5 Å². The Morgan fingerprint density at radius 2 is 1.81 bits per heavy atom. The van der Waals surface area contributed by atoms with Crippen LogP contribution >= 0.6 is 0 Å². The fraction of sp³-hybridized carbons (Fsp3) is 0.500. The normalized spacial score (nSPS) is 18.7. The topological polar surface area (TPSA) is 182 Å². The minimum absolute atomic E-state index is 0.0751. The number of hydrogen-bond acceptors (Lipinski definition) is 7. The first-order valence-corrected chi connectivity index (χ1v) is 9.92. The third-order valence-electron chi connectivity index (χ3n) is 5.09. The molecule has 0 saturated carbocycles. The number of phenolic OH excluding ortho intramolecular Hbond substituents is 1. The Morgan fingerprint density at radius 3 is 2.39 bits per heavy atom. The SMILES string of the molecule is CC(NC(=O)C(CO)NC(=O)C(N)Cc1ccc(O)cc1)C(=O)N1CCCC1C(=O)O. The van der Waals surface area contributed by atoms with E-state index in [-0.39, 0.29) is 18.7 Å². The number of likely N-dealkylation sites (tertiary alicyclic amines) is 1. The number of aliphatic hydroxyl groups is 1. The van der Waals surface area contributed by atoms with Crippen molar-refractivity contribution in [2.45, 2.75) is 50.4 Å². The molecule has 31 heavy (non-hydrogen) atoms. The van der Waals surface area contributed by atoms with Crippen molar-refractivity contribution < 1.29 is 34.5 Å². The van der Waals surface area contributed by atoms with Crippen LogP contribution in [0.15, 0.2) is 24.3 Å². The molecule has 1 saturated heterocycles. The second-order valence-electron chi connectivity index (χ2n) is 7.48. The number of carbonyl (C=O) groups excluding carboxylic acids is 3. The van der Waals surface area contributed by atoms with Crippen molar-refractivity contribution in [3.05, 3.63) is 29.8 Å². The number of carboxylic acids is 1. The molecule has 1 aliphatic rings. The first kappa shape index (κ1) is 24.1. The van der Waals surface area contributed by atoms with E-state index in [0.29, 0.717) is 18.4 Å². The van der Waals surface area contributed by atoms with Gasteiger partial charge in [0.15, 0.2) is 0 Å². The number of phenols is 1. The molecule has 1 heterocycles. The molecular weight excluding hydrogens is 408 g/mol. The molecule has 3 amide bonds. The number of nitrogens with zero attached hydrogens (tertiary/aromatic N) is 1. The number of carboxylic acid groups (broad SMARTS) is 1. The maximum Gasteiger partial charge on any atom is 0.326 e. The number of hydrogen-bond donors (Lipinski definition) is 6. The van der Waals surface area contributed by atoms with Gasteiger partial charge in [0.2, 0.25) is 17.7 Å². The van der Waals surface area contributed by atoms with Gasteiger partial charge in [0.1, 0.15) is 23.9 Å². The average Bonchev–Trinajstić information content (AvgIpc) is 3.22. The van der Waals surface area contributed by atoms with E-state index in [0.717, 1.165) is 0 Å². The van der Waals surface area contributed by atoms with Crippen LogP contribution in [0, 0.1) is 0 Å². The van der Waals surface area contributed by atoms with Crippen LogP contribution in [0.3, 0.4) is 0 Å². The van der Waals surface area contributed by atoms with Crippen LogP contribution in [0.1, 0.15) is 25.3 Å². The molecule has 2 rings (SSSR count). The molecule has 1 aromatic rings. The summed E-state index contributed by atoms with van der Waals surface area (Å²) in [4.78, 5) is 49.7. The van der Waals surface area contributed by atoms with Crippen LogP contribution in [0.25, 0.3) is 0 Å². The number of aliphatic hydroxyl groups excluding tert-OH is 1. The summed E-state index contributed by atoms with van der Waals surface area (Å²) in [5.74, 6) is -3.05. The Kier molecular flexibility index (Phi) is 8.34. The molecule has 0 spiro atoms. The number of aliphatic carboxylic acids is 1. The largest absolute Gasteiger partial charge is 0.508 e. The highest BCUT2D eigenvalue weighted by molar-refractivity contribution is 5.94. The van der Waals surface area contributed by atoms with Crippen molar-refractivity contribution in [2.75, 3.05) is 13.2 Å². The lowest BCUT2D eigenvalue weighted by Crippen LogP contribution is -2.57. The van der Waals surface area contributed by atoms with Crippen molar-refractivity contribution in [2.24, 2.45) is 5.73 Å². The fourth-order valence-corrected chi connectivity index (χ4v) is 3.36. The molecule has 170 valence electrons. The molecule has 0 aromatic heterocycles. The second-order valence-corrected chi connectivity index (χ2v) is 7.48. The van der Waals surface area contributed by atoms with Gasteiger partial charge in [0.25, 0.3) is 0 Å². The van der Waals surface area contributed by atoms with Crippen LogP contribution in [0.2, 0.25) is 0 Å². The smallest absolute Gasteiger partial charge is 0.326 e. The minimum atomic E-state index is -1.33. The molecule has 7 N–H and O–H groups in total. The van der Waals surface area contributed by atoms with Gasteiger partial charge in [-0.3, -0.25) is 14.4 Å².